The summed E-state index contributed by atoms with van der Waals surface area (Å²) in [6.45, 7) is 1.08. The molecule has 1 aliphatic carbocycles. The van der Waals surface area contributed by atoms with Gasteiger partial charge in [0.2, 0.25) is 0 Å². The largest absolute Gasteiger partial charge is 0.457 e. The molecule has 5 nitrogen and oxygen atoms in total. The van der Waals surface area contributed by atoms with Crippen LogP contribution in [0, 0.1) is 5.92 Å². The van der Waals surface area contributed by atoms with Gasteiger partial charge in [-0.1, -0.05) is 18.2 Å². The Hall–Kier alpha value is -2.79. The van der Waals surface area contributed by atoms with Crippen molar-refractivity contribution in [1.29, 1.82) is 0 Å². The van der Waals surface area contributed by atoms with E-state index in [1.807, 2.05) is 65.3 Å². The summed E-state index contributed by atoms with van der Waals surface area (Å²) in [5.41, 5.74) is 8.25. The molecule has 0 amide bonds. The molecular weight excluding hydrogens is 324 g/mol. The average Bonchev–Trinajstić information content (AvgIpc) is 3.38. The van der Waals surface area contributed by atoms with Crippen molar-refractivity contribution in [2.24, 2.45) is 5.92 Å². The molecule has 3 atom stereocenters. The second-order valence-electron chi connectivity index (χ2n) is 7.24. The van der Waals surface area contributed by atoms with Crippen molar-refractivity contribution in [3.8, 4) is 22.8 Å². The van der Waals surface area contributed by atoms with Crippen LogP contribution in [-0.4, -0.2) is 22.4 Å². The van der Waals surface area contributed by atoms with Crippen LogP contribution in [0.1, 0.15) is 18.9 Å². The van der Waals surface area contributed by atoms with E-state index in [4.69, 9.17) is 15.6 Å². The molecule has 26 heavy (non-hydrogen) atoms. The van der Waals surface area contributed by atoms with Crippen molar-refractivity contribution in [3.05, 3.63) is 60.7 Å². The van der Waals surface area contributed by atoms with E-state index in [1.54, 1.807) is 0 Å². The third kappa shape index (κ3) is 2.74. The number of rotatable bonds is 4. The van der Waals surface area contributed by atoms with Crippen LogP contribution in [0.3, 0.4) is 0 Å². The molecule has 0 spiro atoms. The lowest BCUT2D eigenvalue weighted by Gasteiger charge is -2.23. The molecule has 2 heterocycles. The highest BCUT2D eigenvalue weighted by molar-refractivity contribution is 5.63. The van der Waals surface area contributed by atoms with Gasteiger partial charge in [0.15, 0.2) is 0 Å². The smallest absolute Gasteiger partial charge is 0.127 e. The van der Waals surface area contributed by atoms with Crippen LogP contribution in [0.2, 0.25) is 0 Å². The minimum atomic E-state index is 0.427. The number of anilines is 1. The summed E-state index contributed by atoms with van der Waals surface area (Å²) >= 11 is 0. The molecule has 3 unspecified atom stereocenters. The molecule has 132 valence electrons. The number of ether oxygens (including phenoxy) is 1. The molecule has 3 aromatic rings. The molecule has 2 bridgehead atoms. The first kappa shape index (κ1) is 15.5. The van der Waals surface area contributed by atoms with Gasteiger partial charge in [0.05, 0.1) is 11.7 Å². The van der Waals surface area contributed by atoms with Crippen molar-refractivity contribution >= 4 is 5.82 Å². The van der Waals surface area contributed by atoms with Crippen LogP contribution in [0.5, 0.6) is 11.5 Å². The predicted octanol–water partition coefficient (Wildman–Crippen LogP) is 3.85. The maximum absolute atomic E-state index is 6.28. The molecule has 1 aromatic heterocycles. The summed E-state index contributed by atoms with van der Waals surface area (Å²) in [5, 5.41) is 8.36. The summed E-state index contributed by atoms with van der Waals surface area (Å²) in [5.74, 6) is 3.05. The number of hydrogen-bond donors (Lipinski definition) is 2. The normalized spacial score (nSPS) is 24.1. The maximum Gasteiger partial charge on any atom is 0.127 e. The molecule has 5 rings (SSSR count). The molecular formula is C21H22N4O. The Kier molecular flexibility index (Phi) is 3.68. The number of para-hydroxylation sites is 1. The van der Waals surface area contributed by atoms with Crippen LogP contribution in [-0.2, 0) is 0 Å². The van der Waals surface area contributed by atoms with Crippen molar-refractivity contribution in [1.82, 2.24) is 15.1 Å². The van der Waals surface area contributed by atoms with E-state index in [9.17, 15) is 0 Å². The molecule has 1 saturated carbocycles. The van der Waals surface area contributed by atoms with Gasteiger partial charge in [-0.25, -0.2) is 4.68 Å². The fraction of sp³-hybridized carbons (Fsp3) is 0.286. The monoisotopic (exact) mass is 346 g/mol. The van der Waals surface area contributed by atoms with Gasteiger partial charge >= 0.3 is 0 Å². The lowest BCUT2D eigenvalue weighted by atomic mass is 10.0. The van der Waals surface area contributed by atoms with E-state index in [1.165, 1.54) is 6.42 Å². The molecule has 1 saturated heterocycles. The Morgan fingerprint density at radius 3 is 2.46 bits per heavy atom. The standard InChI is InChI=1S/C21H22N4O/c22-21-12-19(24-25(21)20-11-16-10-15(20)13-23-16)14-6-8-18(9-7-14)26-17-4-2-1-3-5-17/h1-9,12,15-16,20,23H,10-11,13,22H2. The summed E-state index contributed by atoms with van der Waals surface area (Å²) in [4.78, 5) is 0. The fourth-order valence-corrected chi connectivity index (χ4v) is 4.24. The fourth-order valence-electron chi connectivity index (χ4n) is 4.24. The molecule has 1 aliphatic heterocycles. The Labute approximate surface area is 152 Å². The van der Waals surface area contributed by atoms with Gasteiger partial charge in [-0.15, -0.1) is 0 Å². The van der Waals surface area contributed by atoms with E-state index >= 15 is 0 Å². The Morgan fingerprint density at radius 2 is 1.77 bits per heavy atom. The molecule has 2 aromatic carbocycles. The van der Waals surface area contributed by atoms with Gasteiger partial charge in [0, 0.05) is 24.2 Å². The quantitative estimate of drug-likeness (QED) is 0.753. The van der Waals surface area contributed by atoms with Gasteiger partial charge in [-0.05, 0) is 55.2 Å². The number of fused-ring (bicyclic) bond motifs is 2. The Bertz CT molecular complexity index is 904. The van der Waals surface area contributed by atoms with Crippen LogP contribution >= 0.6 is 0 Å². The van der Waals surface area contributed by atoms with Crippen LogP contribution in [0.15, 0.2) is 60.7 Å². The number of nitrogens with two attached hydrogens (primary N) is 1. The number of aromatic nitrogens is 2. The lowest BCUT2D eigenvalue weighted by molar-refractivity contribution is 0.326. The lowest BCUT2D eigenvalue weighted by Crippen LogP contribution is -2.31. The highest BCUT2D eigenvalue weighted by atomic mass is 16.5. The van der Waals surface area contributed by atoms with E-state index in [0.717, 1.165) is 41.5 Å². The van der Waals surface area contributed by atoms with Crippen LogP contribution in [0.4, 0.5) is 5.82 Å². The summed E-state index contributed by atoms with van der Waals surface area (Å²) in [7, 11) is 0. The third-order valence-electron chi connectivity index (χ3n) is 5.53. The highest BCUT2D eigenvalue weighted by Gasteiger charge is 2.41. The number of nitrogen functional groups attached to an aromatic ring is 1. The summed E-state index contributed by atoms with van der Waals surface area (Å²) in [6.07, 6.45) is 2.37. The number of benzene rings is 2. The first-order valence-electron chi connectivity index (χ1n) is 9.18. The van der Waals surface area contributed by atoms with Gasteiger partial charge in [0.1, 0.15) is 17.3 Å². The van der Waals surface area contributed by atoms with E-state index in [0.29, 0.717) is 18.0 Å². The van der Waals surface area contributed by atoms with Crippen molar-refractivity contribution in [2.45, 2.75) is 24.9 Å². The predicted molar refractivity (Wildman–Crippen MR) is 102 cm³/mol. The zero-order chi connectivity index (χ0) is 17.5. The zero-order valence-electron chi connectivity index (χ0n) is 14.5. The topological polar surface area (TPSA) is 65.1 Å². The second kappa shape index (κ2) is 6.18. The molecule has 2 fully saturated rings. The molecule has 2 aliphatic rings. The number of nitrogens with zero attached hydrogens (tertiary/aromatic N) is 2. The minimum Gasteiger partial charge on any atom is -0.457 e. The second-order valence-corrected chi connectivity index (χ2v) is 7.24. The Balaban J connectivity index is 1.36. The maximum atomic E-state index is 6.28. The highest BCUT2D eigenvalue weighted by Crippen LogP contribution is 2.41. The Morgan fingerprint density at radius 1 is 1.00 bits per heavy atom. The summed E-state index contributed by atoms with van der Waals surface area (Å²) < 4.78 is 7.89. The van der Waals surface area contributed by atoms with Crippen molar-refractivity contribution in [3.63, 3.8) is 0 Å². The molecule has 5 heteroatoms. The van der Waals surface area contributed by atoms with E-state index in [2.05, 4.69) is 5.32 Å². The molecule has 0 radical (unpaired) electrons. The van der Waals surface area contributed by atoms with Gasteiger partial charge in [-0.3, -0.25) is 0 Å². The zero-order valence-corrected chi connectivity index (χ0v) is 14.5. The van der Waals surface area contributed by atoms with Gasteiger partial charge in [0.25, 0.3) is 0 Å². The van der Waals surface area contributed by atoms with Crippen molar-refractivity contribution in [2.75, 3.05) is 12.3 Å². The van der Waals surface area contributed by atoms with Gasteiger partial charge in [-0.2, -0.15) is 5.10 Å². The third-order valence-corrected chi connectivity index (χ3v) is 5.53. The minimum absolute atomic E-state index is 0.427. The number of piperidine rings is 1. The number of nitrogens with one attached hydrogen (secondary N) is 1. The van der Waals surface area contributed by atoms with E-state index in [-0.39, 0.29) is 0 Å². The van der Waals surface area contributed by atoms with Gasteiger partial charge < -0.3 is 15.8 Å². The van der Waals surface area contributed by atoms with Crippen molar-refractivity contribution < 1.29 is 4.74 Å². The average molecular weight is 346 g/mol. The number of hydrogen-bond acceptors (Lipinski definition) is 4. The first-order chi connectivity index (χ1) is 12.8. The van der Waals surface area contributed by atoms with E-state index < -0.39 is 0 Å². The SMILES string of the molecule is Nc1cc(-c2ccc(Oc3ccccc3)cc2)nn1C1CC2CC1CN2. The van der Waals surface area contributed by atoms with Crippen LogP contribution < -0.4 is 15.8 Å². The molecule has 3 N–H and O–H groups in total. The first-order valence-corrected chi connectivity index (χ1v) is 9.18. The van der Waals surface area contributed by atoms with Crippen LogP contribution in [0.25, 0.3) is 11.3 Å². The summed E-state index contributed by atoms with van der Waals surface area (Å²) in [6, 6.07) is 20.8.